The van der Waals surface area contributed by atoms with Crippen LogP contribution in [0.4, 0.5) is 11.5 Å². The second kappa shape index (κ2) is 7.04. The summed E-state index contributed by atoms with van der Waals surface area (Å²) < 4.78 is 10.0. The van der Waals surface area contributed by atoms with Crippen molar-refractivity contribution < 1.29 is 14.4 Å². The van der Waals surface area contributed by atoms with E-state index in [4.69, 9.17) is 9.47 Å². The Balaban J connectivity index is 2.82. The zero-order valence-corrected chi connectivity index (χ0v) is 12.3. The van der Waals surface area contributed by atoms with Crippen molar-refractivity contribution in [3.63, 3.8) is 0 Å². The molecule has 0 aromatic carbocycles. The lowest BCUT2D eigenvalue weighted by molar-refractivity contribution is -0.384. The smallest absolute Gasteiger partial charge is 0.311 e. The molecule has 1 N–H and O–H groups in total. The van der Waals surface area contributed by atoms with Crippen LogP contribution < -0.4 is 10.1 Å². The zero-order valence-electron chi connectivity index (χ0n) is 12.3. The maximum Gasteiger partial charge on any atom is 0.311 e. The molecule has 0 spiro atoms. The van der Waals surface area contributed by atoms with E-state index in [0.717, 1.165) is 6.42 Å². The monoisotopic (exact) mass is 283 g/mol. The lowest BCUT2D eigenvalue weighted by Gasteiger charge is -2.24. The third-order valence-electron chi connectivity index (χ3n) is 2.97. The summed E-state index contributed by atoms with van der Waals surface area (Å²) in [6.45, 7) is 5.32. The Bertz CT molecular complexity index is 463. The summed E-state index contributed by atoms with van der Waals surface area (Å²) in [6.07, 6.45) is 0.842. The minimum Gasteiger partial charge on any atom is -0.481 e. The predicted octanol–water partition coefficient (Wildman–Crippen LogP) is 2.47. The first-order valence-electron chi connectivity index (χ1n) is 6.32. The van der Waals surface area contributed by atoms with Gasteiger partial charge in [-0.1, -0.05) is 13.8 Å². The quantitative estimate of drug-likeness (QED) is 0.582. The minimum absolute atomic E-state index is 0.0609. The highest BCUT2D eigenvalue weighted by Crippen LogP contribution is 2.27. The zero-order chi connectivity index (χ0) is 15.2. The molecule has 0 fully saturated rings. The number of nitrogens with zero attached hydrogens (tertiary/aromatic N) is 2. The van der Waals surface area contributed by atoms with Crippen LogP contribution in [0.1, 0.15) is 20.3 Å². The lowest BCUT2D eigenvalue weighted by atomic mass is 9.90. The van der Waals surface area contributed by atoms with Crippen molar-refractivity contribution in [3.8, 4) is 5.88 Å². The van der Waals surface area contributed by atoms with Gasteiger partial charge in [-0.15, -0.1) is 0 Å². The SMILES string of the molecule is COCCC(C)(C)CNc1nc(OC)ccc1[N+](=O)[O-]. The second-order valence-corrected chi connectivity index (χ2v) is 5.24. The van der Waals surface area contributed by atoms with Gasteiger partial charge in [0.15, 0.2) is 0 Å². The van der Waals surface area contributed by atoms with Crippen molar-refractivity contribution in [3.05, 3.63) is 22.2 Å². The number of anilines is 1. The molecular formula is C13H21N3O4. The highest BCUT2D eigenvalue weighted by molar-refractivity contribution is 5.57. The highest BCUT2D eigenvalue weighted by Gasteiger charge is 2.21. The van der Waals surface area contributed by atoms with Crippen LogP contribution in [-0.2, 0) is 4.74 Å². The third kappa shape index (κ3) is 4.65. The van der Waals surface area contributed by atoms with E-state index in [0.29, 0.717) is 19.0 Å². The largest absolute Gasteiger partial charge is 0.481 e. The van der Waals surface area contributed by atoms with Crippen LogP contribution in [0.5, 0.6) is 5.88 Å². The van der Waals surface area contributed by atoms with Gasteiger partial charge in [0.25, 0.3) is 0 Å². The Morgan fingerprint density at radius 3 is 2.65 bits per heavy atom. The van der Waals surface area contributed by atoms with Crippen LogP contribution in [0, 0.1) is 15.5 Å². The van der Waals surface area contributed by atoms with Gasteiger partial charge >= 0.3 is 5.69 Å². The summed E-state index contributed by atoms with van der Waals surface area (Å²) in [7, 11) is 3.12. The van der Waals surface area contributed by atoms with E-state index in [1.54, 1.807) is 7.11 Å². The number of pyridine rings is 1. The number of hydrogen-bond donors (Lipinski definition) is 1. The first-order chi connectivity index (χ1) is 9.39. The molecule has 0 saturated heterocycles. The first kappa shape index (κ1) is 16.2. The highest BCUT2D eigenvalue weighted by atomic mass is 16.6. The molecule has 7 nitrogen and oxygen atoms in total. The van der Waals surface area contributed by atoms with Crippen molar-refractivity contribution in [2.75, 3.05) is 32.7 Å². The summed E-state index contributed by atoms with van der Waals surface area (Å²) >= 11 is 0. The van der Waals surface area contributed by atoms with E-state index in [1.165, 1.54) is 19.2 Å². The van der Waals surface area contributed by atoms with E-state index >= 15 is 0 Å². The molecule has 1 rings (SSSR count). The van der Waals surface area contributed by atoms with Gasteiger partial charge in [0.1, 0.15) is 0 Å². The Kier molecular flexibility index (Phi) is 5.69. The van der Waals surface area contributed by atoms with Crippen molar-refractivity contribution in [2.45, 2.75) is 20.3 Å². The molecule has 0 aliphatic rings. The maximum atomic E-state index is 11.0. The summed E-state index contributed by atoms with van der Waals surface area (Å²) in [6, 6.07) is 2.86. The number of nitro groups is 1. The van der Waals surface area contributed by atoms with E-state index < -0.39 is 4.92 Å². The topological polar surface area (TPSA) is 86.5 Å². The van der Waals surface area contributed by atoms with Crippen molar-refractivity contribution in [1.82, 2.24) is 4.98 Å². The van der Waals surface area contributed by atoms with Gasteiger partial charge in [0.05, 0.1) is 12.0 Å². The summed E-state index contributed by atoms with van der Waals surface area (Å²) in [4.78, 5) is 14.6. The normalized spacial score (nSPS) is 11.2. The Hall–Kier alpha value is -1.89. The van der Waals surface area contributed by atoms with E-state index in [2.05, 4.69) is 24.1 Å². The third-order valence-corrected chi connectivity index (χ3v) is 2.97. The van der Waals surface area contributed by atoms with Crippen LogP contribution in [0.25, 0.3) is 0 Å². The fraction of sp³-hybridized carbons (Fsp3) is 0.615. The predicted molar refractivity (Wildman–Crippen MR) is 76.2 cm³/mol. The number of methoxy groups -OCH3 is 2. The maximum absolute atomic E-state index is 11.0. The molecule has 0 unspecified atom stereocenters. The molecule has 1 aromatic rings. The Morgan fingerprint density at radius 1 is 1.40 bits per heavy atom. The molecule has 20 heavy (non-hydrogen) atoms. The molecule has 0 aliphatic heterocycles. The molecule has 0 amide bonds. The molecule has 0 atom stereocenters. The van der Waals surface area contributed by atoms with Gasteiger partial charge in [-0.3, -0.25) is 10.1 Å². The van der Waals surface area contributed by atoms with Crippen LogP contribution in [-0.4, -0.2) is 37.3 Å². The van der Waals surface area contributed by atoms with Gasteiger partial charge in [0.2, 0.25) is 11.7 Å². The fourth-order valence-corrected chi connectivity index (χ4v) is 1.61. The summed E-state index contributed by atoms with van der Waals surface area (Å²) in [5.74, 6) is 0.563. The molecule has 1 aromatic heterocycles. The number of nitrogens with one attached hydrogen (secondary N) is 1. The van der Waals surface area contributed by atoms with Crippen molar-refractivity contribution in [2.24, 2.45) is 5.41 Å². The molecule has 1 heterocycles. The molecular weight excluding hydrogens is 262 g/mol. The number of ether oxygens (including phenoxy) is 2. The van der Waals surface area contributed by atoms with E-state index in [1.807, 2.05) is 0 Å². The molecule has 112 valence electrons. The fourth-order valence-electron chi connectivity index (χ4n) is 1.61. The standard InChI is InChI=1S/C13H21N3O4/c1-13(2,7-8-19-3)9-14-12-10(16(17)18)5-6-11(15-12)20-4/h5-6H,7-9H2,1-4H3,(H,14,15). The molecule has 0 aliphatic carbocycles. The van der Waals surface area contributed by atoms with Gasteiger partial charge in [-0.05, 0) is 11.8 Å². The lowest BCUT2D eigenvalue weighted by Crippen LogP contribution is -2.25. The Labute approximate surface area is 118 Å². The van der Waals surface area contributed by atoms with Crippen LogP contribution in [0.15, 0.2) is 12.1 Å². The number of rotatable bonds is 8. The van der Waals surface area contributed by atoms with Gasteiger partial charge in [-0.25, -0.2) is 0 Å². The number of hydrogen-bond acceptors (Lipinski definition) is 6. The summed E-state index contributed by atoms with van der Waals surface area (Å²) in [5, 5.41) is 14.0. The average molecular weight is 283 g/mol. The van der Waals surface area contributed by atoms with E-state index in [9.17, 15) is 10.1 Å². The average Bonchev–Trinajstić information content (AvgIpc) is 2.42. The van der Waals surface area contributed by atoms with Crippen molar-refractivity contribution in [1.29, 1.82) is 0 Å². The molecule has 0 radical (unpaired) electrons. The van der Waals surface area contributed by atoms with Gasteiger partial charge in [0, 0.05) is 32.4 Å². The van der Waals surface area contributed by atoms with Crippen LogP contribution in [0.3, 0.4) is 0 Å². The molecule has 0 bridgehead atoms. The summed E-state index contributed by atoms with van der Waals surface area (Å²) in [5.41, 5.74) is -0.123. The van der Waals surface area contributed by atoms with Crippen molar-refractivity contribution >= 4 is 11.5 Å². The second-order valence-electron chi connectivity index (χ2n) is 5.24. The minimum atomic E-state index is -0.461. The van der Waals surface area contributed by atoms with Gasteiger partial charge < -0.3 is 14.8 Å². The Morgan fingerprint density at radius 2 is 2.10 bits per heavy atom. The molecule has 7 heteroatoms. The van der Waals surface area contributed by atoms with E-state index in [-0.39, 0.29) is 16.9 Å². The molecule has 0 saturated carbocycles. The van der Waals surface area contributed by atoms with Gasteiger partial charge in [-0.2, -0.15) is 4.98 Å². The first-order valence-corrected chi connectivity index (χ1v) is 6.32. The van der Waals surface area contributed by atoms with Crippen LogP contribution >= 0.6 is 0 Å². The van der Waals surface area contributed by atoms with Crippen LogP contribution in [0.2, 0.25) is 0 Å². The number of aromatic nitrogens is 1.